The second-order valence-electron chi connectivity index (χ2n) is 4.63. The van der Waals surface area contributed by atoms with Gasteiger partial charge in [-0.3, -0.25) is 0 Å². The Morgan fingerprint density at radius 1 is 1.35 bits per heavy atom. The van der Waals surface area contributed by atoms with Crippen LogP contribution in [0, 0.1) is 0 Å². The van der Waals surface area contributed by atoms with E-state index in [2.05, 4.69) is 10.1 Å². The molecular weight excluding hydrogens is 268 g/mol. The SMILES string of the molecule is CCOC1CC(Nc2cc(OC)ccc2OC(F)F)C1. The molecule has 112 valence electrons. The van der Waals surface area contributed by atoms with Crippen molar-refractivity contribution in [1.29, 1.82) is 0 Å². The molecule has 0 radical (unpaired) electrons. The Labute approximate surface area is 117 Å². The van der Waals surface area contributed by atoms with Crippen molar-refractivity contribution in [3.8, 4) is 11.5 Å². The second kappa shape index (κ2) is 6.74. The predicted molar refractivity (Wildman–Crippen MR) is 71.7 cm³/mol. The molecule has 1 aromatic rings. The van der Waals surface area contributed by atoms with Crippen LogP contribution in [0.15, 0.2) is 18.2 Å². The third-order valence-electron chi connectivity index (χ3n) is 3.26. The lowest BCUT2D eigenvalue weighted by Gasteiger charge is -2.36. The summed E-state index contributed by atoms with van der Waals surface area (Å²) in [4.78, 5) is 0. The van der Waals surface area contributed by atoms with Crippen molar-refractivity contribution in [2.45, 2.75) is 38.5 Å². The van der Waals surface area contributed by atoms with E-state index < -0.39 is 6.61 Å². The average Bonchev–Trinajstić information content (AvgIpc) is 2.37. The molecule has 0 aliphatic heterocycles. The number of benzene rings is 1. The van der Waals surface area contributed by atoms with Crippen LogP contribution in [0.25, 0.3) is 0 Å². The highest BCUT2D eigenvalue weighted by molar-refractivity contribution is 5.60. The van der Waals surface area contributed by atoms with Crippen LogP contribution in [0.3, 0.4) is 0 Å². The molecule has 0 amide bonds. The van der Waals surface area contributed by atoms with Gasteiger partial charge in [0.1, 0.15) is 11.5 Å². The van der Waals surface area contributed by atoms with Gasteiger partial charge < -0.3 is 19.5 Å². The van der Waals surface area contributed by atoms with Crippen LogP contribution in [0.4, 0.5) is 14.5 Å². The smallest absolute Gasteiger partial charge is 0.387 e. The van der Waals surface area contributed by atoms with Crippen LogP contribution in [-0.4, -0.2) is 32.5 Å². The van der Waals surface area contributed by atoms with Crippen molar-refractivity contribution in [3.05, 3.63) is 18.2 Å². The van der Waals surface area contributed by atoms with E-state index in [1.807, 2.05) is 6.92 Å². The fraction of sp³-hybridized carbons (Fsp3) is 0.571. The summed E-state index contributed by atoms with van der Waals surface area (Å²) in [6, 6.07) is 4.93. The van der Waals surface area contributed by atoms with Gasteiger partial charge in [-0.1, -0.05) is 0 Å². The zero-order chi connectivity index (χ0) is 14.5. The minimum atomic E-state index is -2.85. The van der Waals surface area contributed by atoms with Gasteiger partial charge in [0, 0.05) is 18.7 Å². The van der Waals surface area contributed by atoms with Crippen LogP contribution in [0.5, 0.6) is 11.5 Å². The van der Waals surface area contributed by atoms with Gasteiger partial charge in [0.2, 0.25) is 0 Å². The molecule has 0 atom stereocenters. The number of alkyl halides is 2. The van der Waals surface area contributed by atoms with Crippen molar-refractivity contribution in [2.75, 3.05) is 19.0 Å². The summed E-state index contributed by atoms with van der Waals surface area (Å²) >= 11 is 0. The molecule has 0 heterocycles. The molecule has 1 aliphatic rings. The standard InChI is InChI=1S/C14H19F2NO3/c1-3-19-11-6-9(7-11)17-12-8-10(18-2)4-5-13(12)20-14(15)16/h4-5,8-9,11,14,17H,3,6-7H2,1-2H3. The van der Waals surface area contributed by atoms with E-state index in [0.29, 0.717) is 18.0 Å². The summed E-state index contributed by atoms with van der Waals surface area (Å²) < 4.78 is 39.8. The molecule has 1 N–H and O–H groups in total. The summed E-state index contributed by atoms with van der Waals surface area (Å²) in [6.07, 6.45) is 1.97. The highest BCUT2D eigenvalue weighted by Crippen LogP contribution is 2.34. The zero-order valence-electron chi connectivity index (χ0n) is 11.6. The molecule has 0 bridgehead atoms. The maximum absolute atomic E-state index is 12.4. The Hall–Kier alpha value is -1.56. The summed E-state index contributed by atoms with van der Waals surface area (Å²) in [5.41, 5.74) is 0.518. The van der Waals surface area contributed by atoms with E-state index >= 15 is 0 Å². The molecule has 0 aromatic heterocycles. The lowest BCUT2D eigenvalue weighted by atomic mass is 9.89. The maximum Gasteiger partial charge on any atom is 0.387 e. The normalized spacial score (nSPS) is 21.4. The van der Waals surface area contributed by atoms with Gasteiger partial charge in [0.15, 0.2) is 0 Å². The number of methoxy groups -OCH3 is 1. The van der Waals surface area contributed by atoms with Gasteiger partial charge in [-0.25, -0.2) is 0 Å². The molecule has 0 saturated heterocycles. The topological polar surface area (TPSA) is 39.7 Å². The van der Waals surface area contributed by atoms with Crippen LogP contribution < -0.4 is 14.8 Å². The fourth-order valence-corrected chi connectivity index (χ4v) is 2.22. The minimum absolute atomic E-state index is 0.126. The molecule has 1 aliphatic carbocycles. The molecule has 0 unspecified atom stereocenters. The van der Waals surface area contributed by atoms with E-state index in [1.54, 1.807) is 12.1 Å². The molecule has 2 rings (SSSR count). The van der Waals surface area contributed by atoms with Gasteiger partial charge in [-0.2, -0.15) is 8.78 Å². The second-order valence-corrected chi connectivity index (χ2v) is 4.63. The number of halogens is 2. The fourth-order valence-electron chi connectivity index (χ4n) is 2.22. The average molecular weight is 287 g/mol. The van der Waals surface area contributed by atoms with Crippen molar-refractivity contribution >= 4 is 5.69 Å². The molecule has 1 saturated carbocycles. The molecule has 6 heteroatoms. The van der Waals surface area contributed by atoms with Crippen LogP contribution in [0.1, 0.15) is 19.8 Å². The zero-order valence-corrected chi connectivity index (χ0v) is 11.6. The number of ether oxygens (including phenoxy) is 3. The highest BCUT2D eigenvalue weighted by atomic mass is 19.3. The Bertz CT molecular complexity index is 436. The van der Waals surface area contributed by atoms with E-state index in [0.717, 1.165) is 12.8 Å². The number of hydrogen-bond donors (Lipinski definition) is 1. The summed E-state index contributed by atoms with van der Waals surface area (Å²) in [5, 5.41) is 3.20. The van der Waals surface area contributed by atoms with Gasteiger partial charge in [0.05, 0.1) is 18.9 Å². The van der Waals surface area contributed by atoms with E-state index in [1.165, 1.54) is 13.2 Å². The van der Waals surface area contributed by atoms with Gasteiger partial charge in [0.25, 0.3) is 0 Å². The van der Waals surface area contributed by atoms with Crippen molar-refractivity contribution in [2.24, 2.45) is 0 Å². The van der Waals surface area contributed by atoms with Crippen molar-refractivity contribution < 1.29 is 23.0 Å². The summed E-state index contributed by atoms with van der Waals surface area (Å²) in [5.74, 6) is 0.718. The number of anilines is 1. The van der Waals surface area contributed by atoms with E-state index in [9.17, 15) is 8.78 Å². The summed E-state index contributed by atoms with van der Waals surface area (Å²) in [7, 11) is 1.53. The highest BCUT2D eigenvalue weighted by Gasteiger charge is 2.30. The van der Waals surface area contributed by atoms with Gasteiger partial charge in [-0.05, 0) is 31.9 Å². The van der Waals surface area contributed by atoms with E-state index in [4.69, 9.17) is 9.47 Å². The Morgan fingerprint density at radius 3 is 2.70 bits per heavy atom. The first-order valence-electron chi connectivity index (χ1n) is 6.63. The van der Waals surface area contributed by atoms with Crippen LogP contribution in [-0.2, 0) is 4.74 Å². The molecule has 20 heavy (non-hydrogen) atoms. The molecule has 0 spiro atoms. The molecular formula is C14H19F2NO3. The third kappa shape index (κ3) is 3.72. The Balaban J connectivity index is 2.01. The van der Waals surface area contributed by atoms with Gasteiger partial charge in [-0.15, -0.1) is 0 Å². The molecule has 1 aromatic carbocycles. The quantitative estimate of drug-likeness (QED) is 0.835. The van der Waals surface area contributed by atoms with Crippen LogP contribution >= 0.6 is 0 Å². The van der Waals surface area contributed by atoms with Crippen molar-refractivity contribution in [1.82, 2.24) is 0 Å². The number of rotatable bonds is 7. The number of nitrogens with one attached hydrogen (secondary N) is 1. The first kappa shape index (κ1) is 14.8. The lowest BCUT2D eigenvalue weighted by molar-refractivity contribution is -0.0495. The van der Waals surface area contributed by atoms with Crippen LogP contribution in [0.2, 0.25) is 0 Å². The lowest BCUT2D eigenvalue weighted by Crippen LogP contribution is -2.40. The monoisotopic (exact) mass is 287 g/mol. The predicted octanol–water partition coefficient (Wildman–Crippen LogP) is 3.28. The van der Waals surface area contributed by atoms with E-state index in [-0.39, 0.29) is 17.9 Å². The minimum Gasteiger partial charge on any atom is -0.497 e. The Kier molecular flexibility index (Phi) is 5.00. The van der Waals surface area contributed by atoms with Gasteiger partial charge >= 0.3 is 6.61 Å². The first-order chi connectivity index (χ1) is 9.62. The number of hydrogen-bond acceptors (Lipinski definition) is 4. The molecule has 1 fully saturated rings. The largest absolute Gasteiger partial charge is 0.497 e. The summed E-state index contributed by atoms with van der Waals surface area (Å²) in [6.45, 7) is -0.199. The third-order valence-corrected chi connectivity index (χ3v) is 3.26. The maximum atomic E-state index is 12.4. The Morgan fingerprint density at radius 2 is 2.10 bits per heavy atom. The molecule has 4 nitrogen and oxygen atoms in total. The first-order valence-corrected chi connectivity index (χ1v) is 6.63. The van der Waals surface area contributed by atoms with Crippen molar-refractivity contribution in [3.63, 3.8) is 0 Å².